The molecule has 1 unspecified atom stereocenters. The largest absolute Gasteiger partial charge is 0.409 e. The summed E-state index contributed by atoms with van der Waals surface area (Å²) in [5, 5.41) is 11.5. The number of amides is 1. The van der Waals surface area contributed by atoms with E-state index in [-0.39, 0.29) is 11.7 Å². The zero-order valence-corrected chi connectivity index (χ0v) is 10.9. The summed E-state index contributed by atoms with van der Waals surface area (Å²) in [4.78, 5) is 14.1. The summed E-state index contributed by atoms with van der Waals surface area (Å²) < 4.78 is 0. The van der Waals surface area contributed by atoms with Gasteiger partial charge in [-0.15, -0.1) is 0 Å². The van der Waals surface area contributed by atoms with E-state index < -0.39 is 5.92 Å². The number of carbonyl (C=O) groups is 1. The van der Waals surface area contributed by atoms with E-state index in [1.165, 1.54) is 0 Å². The monoisotopic (exact) mass is 241 g/mol. The summed E-state index contributed by atoms with van der Waals surface area (Å²) in [6.07, 6.45) is 3.14. The van der Waals surface area contributed by atoms with Crippen LogP contribution in [-0.4, -0.2) is 34.4 Å². The topological polar surface area (TPSA) is 78.9 Å². The van der Waals surface area contributed by atoms with Gasteiger partial charge in [0.05, 0.1) is 5.92 Å². The first-order valence-corrected chi connectivity index (χ1v) is 6.25. The first kappa shape index (κ1) is 13.8. The molecule has 1 aliphatic rings. The fourth-order valence-corrected chi connectivity index (χ4v) is 1.72. The van der Waals surface area contributed by atoms with Gasteiger partial charge in [-0.1, -0.05) is 19.0 Å². The lowest BCUT2D eigenvalue weighted by molar-refractivity contribution is -0.133. The van der Waals surface area contributed by atoms with Gasteiger partial charge < -0.3 is 15.8 Å². The van der Waals surface area contributed by atoms with Crippen LogP contribution in [0.5, 0.6) is 0 Å². The van der Waals surface area contributed by atoms with Crippen molar-refractivity contribution in [1.29, 1.82) is 0 Å². The molecule has 1 rings (SSSR count). The van der Waals surface area contributed by atoms with Crippen LogP contribution in [0.2, 0.25) is 0 Å². The van der Waals surface area contributed by atoms with Crippen LogP contribution in [0, 0.1) is 11.8 Å². The van der Waals surface area contributed by atoms with Gasteiger partial charge in [-0.3, -0.25) is 4.79 Å². The van der Waals surface area contributed by atoms with E-state index in [0.717, 1.165) is 25.8 Å². The van der Waals surface area contributed by atoms with Crippen LogP contribution in [0.1, 0.15) is 40.0 Å². The maximum atomic E-state index is 12.2. The normalized spacial score (nSPS) is 18.2. The van der Waals surface area contributed by atoms with E-state index in [1.54, 1.807) is 6.92 Å². The van der Waals surface area contributed by atoms with Gasteiger partial charge in [0, 0.05) is 12.6 Å². The summed E-state index contributed by atoms with van der Waals surface area (Å²) in [5.74, 6) is 0.00428. The van der Waals surface area contributed by atoms with Crippen molar-refractivity contribution in [1.82, 2.24) is 4.90 Å². The van der Waals surface area contributed by atoms with Gasteiger partial charge in [0.1, 0.15) is 0 Å². The molecule has 1 aliphatic carbocycles. The van der Waals surface area contributed by atoms with Crippen LogP contribution in [0.4, 0.5) is 0 Å². The van der Waals surface area contributed by atoms with Crippen LogP contribution in [0.3, 0.4) is 0 Å². The van der Waals surface area contributed by atoms with E-state index >= 15 is 0 Å². The Morgan fingerprint density at radius 3 is 2.47 bits per heavy atom. The number of nitrogens with two attached hydrogens (primary N) is 1. The number of hydrogen-bond donors (Lipinski definition) is 2. The molecule has 1 saturated carbocycles. The van der Waals surface area contributed by atoms with Gasteiger partial charge in [-0.05, 0) is 32.1 Å². The molecule has 1 atom stereocenters. The standard InChI is InChI=1S/C12H23N3O2/c1-8(2)6-7-15(10-4-5-10)12(16)9(3)11(13)14-17/h8-10,17H,4-7H2,1-3H3,(H2,13,14). The molecule has 98 valence electrons. The van der Waals surface area contributed by atoms with Crippen molar-refractivity contribution in [2.45, 2.75) is 46.1 Å². The Morgan fingerprint density at radius 1 is 1.47 bits per heavy atom. The van der Waals surface area contributed by atoms with Crippen LogP contribution >= 0.6 is 0 Å². The first-order valence-electron chi connectivity index (χ1n) is 6.25. The highest BCUT2D eigenvalue weighted by Crippen LogP contribution is 2.28. The minimum absolute atomic E-state index is 0.00908. The lowest BCUT2D eigenvalue weighted by Crippen LogP contribution is -2.42. The lowest BCUT2D eigenvalue weighted by Gasteiger charge is -2.26. The fraction of sp³-hybridized carbons (Fsp3) is 0.833. The molecule has 3 N–H and O–H groups in total. The maximum Gasteiger partial charge on any atom is 0.233 e. The van der Waals surface area contributed by atoms with Crippen molar-refractivity contribution in [2.24, 2.45) is 22.7 Å². The molecule has 0 aliphatic heterocycles. The Bertz CT molecular complexity index is 298. The molecule has 0 aromatic carbocycles. The van der Waals surface area contributed by atoms with Crippen LogP contribution < -0.4 is 5.73 Å². The van der Waals surface area contributed by atoms with E-state index in [9.17, 15) is 4.79 Å². The lowest BCUT2D eigenvalue weighted by atomic mass is 10.1. The van der Waals surface area contributed by atoms with Crippen molar-refractivity contribution in [3.05, 3.63) is 0 Å². The number of rotatable bonds is 6. The number of carbonyl (C=O) groups excluding carboxylic acids is 1. The molecule has 1 fully saturated rings. The Hall–Kier alpha value is -1.26. The summed E-state index contributed by atoms with van der Waals surface area (Å²) >= 11 is 0. The van der Waals surface area contributed by atoms with Crippen molar-refractivity contribution < 1.29 is 10.0 Å². The zero-order chi connectivity index (χ0) is 13.0. The quantitative estimate of drug-likeness (QED) is 0.319. The van der Waals surface area contributed by atoms with Gasteiger partial charge in [0.25, 0.3) is 0 Å². The predicted molar refractivity (Wildman–Crippen MR) is 66.8 cm³/mol. The highest BCUT2D eigenvalue weighted by Gasteiger charge is 2.35. The molecule has 1 amide bonds. The molecular weight excluding hydrogens is 218 g/mol. The second-order valence-electron chi connectivity index (χ2n) is 5.19. The third kappa shape index (κ3) is 3.91. The summed E-state index contributed by atoms with van der Waals surface area (Å²) in [6.45, 7) is 6.73. The molecule has 5 nitrogen and oxygen atoms in total. The Labute approximate surface area is 103 Å². The van der Waals surface area contributed by atoms with E-state index in [2.05, 4.69) is 19.0 Å². The van der Waals surface area contributed by atoms with Crippen molar-refractivity contribution >= 4 is 11.7 Å². The molecule has 0 spiro atoms. The molecule has 0 aromatic rings. The Morgan fingerprint density at radius 2 is 2.06 bits per heavy atom. The third-order valence-corrected chi connectivity index (χ3v) is 3.15. The summed E-state index contributed by atoms with van der Waals surface area (Å²) in [6, 6.07) is 0.371. The fourth-order valence-electron chi connectivity index (χ4n) is 1.72. The zero-order valence-electron chi connectivity index (χ0n) is 10.9. The first-order chi connectivity index (χ1) is 7.97. The minimum Gasteiger partial charge on any atom is -0.409 e. The smallest absolute Gasteiger partial charge is 0.233 e. The highest BCUT2D eigenvalue weighted by atomic mass is 16.4. The van der Waals surface area contributed by atoms with Gasteiger partial charge in [0.15, 0.2) is 5.84 Å². The molecule has 0 bridgehead atoms. The summed E-state index contributed by atoms with van der Waals surface area (Å²) in [7, 11) is 0. The second kappa shape index (κ2) is 5.89. The van der Waals surface area contributed by atoms with Crippen LogP contribution in [0.25, 0.3) is 0 Å². The van der Waals surface area contributed by atoms with Gasteiger partial charge >= 0.3 is 0 Å². The van der Waals surface area contributed by atoms with E-state index in [4.69, 9.17) is 10.9 Å². The Kier molecular flexibility index (Phi) is 4.78. The number of hydrogen-bond acceptors (Lipinski definition) is 3. The third-order valence-electron chi connectivity index (χ3n) is 3.15. The maximum absolute atomic E-state index is 12.2. The number of oxime groups is 1. The second-order valence-corrected chi connectivity index (χ2v) is 5.19. The van der Waals surface area contributed by atoms with Gasteiger partial charge in [0.2, 0.25) is 5.91 Å². The van der Waals surface area contributed by atoms with Gasteiger partial charge in [-0.25, -0.2) is 0 Å². The predicted octanol–water partition coefficient (Wildman–Crippen LogP) is 1.41. The molecule has 5 heteroatoms. The molecule has 0 heterocycles. The minimum atomic E-state index is -0.534. The molecule has 0 radical (unpaired) electrons. The van der Waals surface area contributed by atoms with E-state index in [0.29, 0.717) is 12.0 Å². The number of nitrogens with zero attached hydrogens (tertiary/aromatic N) is 2. The molecule has 0 aromatic heterocycles. The van der Waals surface area contributed by atoms with Crippen LogP contribution in [0.15, 0.2) is 5.16 Å². The Balaban J connectivity index is 2.60. The average Bonchev–Trinajstić information content (AvgIpc) is 3.10. The SMILES string of the molecule is CC(C)CCN(C(=O)C(C)C(N)=NO)C1CC1. The highest BCUT2D eigenvalue weighted by molar-refractivity contribution is 6.01. The van der Waals surface area contributed by atoms with Gasteiger partial charge in [-0.2, -0.15) is 0 Å². The number of amidine groups is 1. The van der Waals surface area contributed by atoms with Crippen molar-refractivity contribution in [3.63, 3.8) is 0 Å². The van der Waals surface area contributed by atoms with Crippen LogP contribution in [-0.2, 0) is 4.79 Å². The average molecular weight is 241 g/mol. The molecule has 17 heavy (non-hydrogen) atoms. The molecule has 0 saturated heterocycles. The van der Waals surface area contributed by atoms with Crippen molar-refractivity contribution in [3.8, 4) is 0 Å². The van der Waals surface area contributed by atoms with E-state index in [1.807, 2.05) is 4.90 Å². The summed E-state index contributed by atoms with van der Waals surface area (Å²) in [5.41, 5.74) is 5.48. The van der Waals surface area contributed by atoms with Crippen molar-refractivity contribution in [2.75, 3.05) is 6.54 Å². The molecular formula is C12H23N3O2.